The van der Waals surface area contributed by atoms with Crippen LogP contribution in [0.3, 0.4) is 0 Å². The Morgan fingerprint density at radius 2 is 0.680 bits per heavy atom. The number of hydrogen-bond acceptors (Lipinski definition) is 0. The van der Waals surface area contributed by atoms with Gasteiger partial charge in [0, 0.05) is 43.4 Å². The minimum absolute atomic E-state index is 0.153. The molecule has 97 heavy (non-hydrogen) atoms. The molecular weight excluding hydrogens is 1180 g/mol. The molecule has 0 unspecified atom stereocenters. The number of halogens is 1. The van der Waals surface area contributed by atoms with Gasteiger partial charge < -0.3 is 9.13 Å². The van der Waals surface area contributed by atoms with Gasteiger partial charge in [-0.05, 0) is 260 Å². The van der Waals surface area contributed by atoms with Crippen molar-refractivity contribution in [1.29, 1.82) is 0 Å². The van der Waals surface area contributed by atoms with Gasteiger partial charge in [0.05, 0.1) is 27.8 Å². The highest BCUT2D eigenvalue weighted by molar-refractivity contribution is 6.20. The molecule has 2 nitrogen and oxygen atoms in total. The number of fused-ring (bicyclic) bond motifs is 15. The Bertz CT molecular complexity index is 5780. The summed E-state index contributed by atoms with van der Waals surface area (Å²) in [6.45, 7) is 0. The van der Waals surface area contributed by atoms with Crippen molar-refractivity contribution in [1.82, 2.24) is 9.13 Å². The van der Waals surface area contributed by atoms with Gasteiger partial charge in [-0.1, -0.05) is 218 Å². The van der Waals surface area contributed by atoms with Crippen molar-refractivity contribution in [3.63, 3.8) is 0 Å². The average Bonchev–Trinajstić information content (AvgIpc) is 1.55. The summed E-state index contributed by atoms with van der Waals surface area (Å²) in [7, 11) is 0. The summed E-state index contributed by atoms with van der Waals surface area (Å²) in [5, 5.41) is 10.4. The molecule has 8 fully saturated rings. The second kappa shape index (κ2) is 20.5. The van der Waals surface area contributed by atoms with E-state index in [-0.39, 0.29) is 16.6 Å². The van der Waals surface area contributed by atoms with E-state index in [1.165, 1.54) is 186 Å². The summed E-state index contributed by atoms with van der Waals surface area (Å²) in [6, 6.07) is 101. The molecule has 2 heterocycles. The van der Waals surface area contributed by atoms with Crippen molar-refractivity contribution in [2.75, 3.05) is 0 Å². The molecule has 2 aromatic heterocycles. The number of nitrogens with zero attached hydrogens (tertiary/aromatic N) is 2. The second-order valence-electron chi connectivity index (χ2n) is 30.7. The van der Waals surface area contributed by atoms with Crippen LogP contribution in [-0.4, -0.2) is 9.13 Å². The Hall–Kier alpha value is -10.1. The lowest BCUT2D eigenvalue weighted by molar-refractivity contribution is -0.0399. The molecule has 10 aliphatic carbocycles. The fourth-order valence-electron chi connectivity index (χ4n) is 23.6. The highest BCUT2D eigenvalue weighted by Crippen LogP contribution is 2.72. The van der Waals surface area contributed by atoms with Crippen LogP contribution in [0.4, 0.5) is 4.39 Å². The summed E-state index contributed by atoms with van der Waals surface area (Å²) < 4.78 is 19.0. The molecule has 8 bridgehead atoms. The predicted molar refractivity (Wildman–Crippen MR) is 399 cm³/mol. The van der Waals surface area contributed by atoms with Crippen LogP contribution in [0.1, 0.15) is 86.5 Å². The van der Waals surface area contributed by atoms with E-state index in [2.05, 4.69) is 258 Å². The topological polar surface area (TPSA) is 9.86 Å². The fraction of sp³-hybridized carbons (Fsp3) is 0.213. The van der Waals surface area contributed by atoms with E-state index >= 15 is 0 Å². The lowest BCUT2D eigenvalue weighted by atomic mass is 9.43. The maximum Gasteiger partial charge on any atom is 0.123 e. The molecule has 0 saturated heterocycles. The zero-order chi connectivity index (χ0) is 63.4. The standard InChI is InChI=1S/C48H37N.C46H36FN/c1-2-12-34-31(11-1)28-45(36-14-4-3-13-35(34)36)49-43-21-8-6-16-40(43)47-38(18-10-22-44(47)49)37-17-9-20-42-46(37)39-15-5-7-19-41(39)48(42)32-24-29-23-30(26-32)27-33(48)25-29;47-34-9-5-8-31(27-34)30-18-20-35(21-19-30)48-42-16-4-2-11-39(42)45-37(13-7-17-43(45)48)36-12-6-15-41-44(36)38-10-1-3-14-40(38)46(41)32-23-28-22-29(25-32)26-33(46)24-28/h1-22,28-30,32-33H,23-27H2;1-21,27-29,32-33H,22-26H2. The smallest absolute Gasteiger partial charge is 0.123 e. The molecule has 2 spiro atoms. The molecule has 0 amide bonds. The zero-order valence-electron chi connectivity index (χ0n) is 54.4. The van der Waals surface area contributed by atoms with Crippen molar-refractivity contribution in [2.45, 2.75) is 75.0 Å². The number of benzene rings is 13. The third-order valence-electron chi connectivity index (χ3n) is 26.4. The minimum atomic E-state index is -0.212. The molecule has 8 saturated carbocycles. The van der Waals surface area contributed by atoms with Crippen LogP contribution in [0, 0.1) is 53.2 Å². The van der Waals surface area contributed by atoms with E-state index in [9.17, 15) is 4.39 Å². The van der Waals surface area contributed by atoms with Gasteiger partial charge in [0.25, 0.3) is 0 Å². The Morgan fingerprint density at radius 1 is 0.278 bits per heavy atom. The zero-order valence-corrected chi connectivity index (χ0v) is 54.4. The van der Waals surface area contributed by atoms with E-state index in [0.717, 1.165) is 64.2 Å². The van der Waals surface area contributed by atoms with Gasteiger partial charge in [-0.15, -0.1) is 0 Å². The van der Waals surface area contributed by atoms with Crippen molar-refractivity contribution >= 4 is 65.2 Å². The minimum Gasteiger partial charge on any atom is -0.309 e. The lowest BCUT2D eigenvalue weighted by Crippen LogP contribution is -2.55. The highest BCUT2D eigenvalue weighted by Gasteiger charge is 2.63. The summed E-state index contributed by atoms with van der Waals surface area (Å²) >= 11 is 0. The van der Waals surface area contributed by atoms with Gasteiger partial charge >= 0.3 is 0 Å². The Balaban J connectivity index is 0.000000125. The first kappa shape index (κ1) is 55.1. The number of rotatable bonds is 5. The molecule has 13 aromatic carbocycles. The normalized spacial score (nSPS) is 24.8. The Kier molecular flexibility index (Phi) is 11.6. The fourth-order valence-corrected chi connectivity index (χ4v) is 23.6. The van der Waals surface area contributed by atoms with Crippen LogP contribution in [0.5, 0.6) is 0 Å². The van der Waals surface area contributed by atoms with Crippen LogP contribution in [-0.2, 0) is 10.8 Å². The van der Waals surface area contributed by atoms with Crippen LogP contribution in [0.2, 0.25) is 0 Å². The molecule has 466 valence electrons. The third-order valence-corrected chi connectivity index (χ3v) is 26.4. The predicted octanol–water partition coefficient (Wildman–Crippen LogP) is 24.5. The van der Waals surface area contributed by atoms with E-state index in [1.54, 1.807) is 34.4 Å². The van der Waals surface area contributed by atoms with E-state index in [4.69, 9.17) is 0 Å². The van der Waals surface area contributed by atoms with Crippen molar-refractivity contribution in [3.05, 3.63) is 301 Å². The number of hydrogen-bond donors (Lipinski definition) is 0. The molecule has 15 aromatic rings. The summed E-state index contributed by atoms with van der Waals surface area (Å²) in [5.74, 6) is 6.56. The van der Waals surface area contributed by atoms with Crippen LogP contribution in [0.15, 0.2) is 273 Å². The van der Waals surface area contributed by atoms with Gasteiger partial charge in [-0.2, -0.15) is 0 Å². The molecular formula is C94H73FN2. The van der Waals surface area contributed by atoms with Crippen molar-refractivity contribution in [3.8, 4) is 67.0 Å². The van der Waals surface area contributed by atoms with Crippen molar-refractivity contribution < 1.29 is 4.39 Å². The van der Waals surface area contributed by atoms with E-state index in [0.29, 0.717) is 0 Å². The molecule has 3 heteroatoms. The molecule has 25 rings (SSSR count). The molecule has 0 aliphatic heterocycles. The van der Waals surface area contributed by atoms with E-state index < -0.39 is 0 Å². The third kappa shape index (κ3) is 7.50. The number of para-hydroxylation sites is 2. The first-order valence-corrected chi connectivity index (χ1v) is 36.3. The Morgan fingerprint density at radius 3 is 1.23 bits per heavy atom. The monoisotopic (exact) mass is 1250 g/mol. The van der Waals surface area contributed by atoms with Crippen LogP contribution < -0.4 is 0 Å². The van der Waals surface area contributed by atoms with Gasteiger partial charge in [-0.3, -0.25) is 0 Å². The molecule has 0 N–H and O–H groups in total. The highest BCUT2D eigenvalue weighted by atomic mass is 19.1. The largest absolute Gasteiger partial charge is 0.309 e. The first-order valence-electron chi connectivity index (χ1n) is 36.3. The van der Waals surface area contributed by atoms with Gasteiger partial charge in [0.2, 0.25) is 0 Å². The van der Waals surface area contributed by atoms with Gasteiger partial charge in [-0.25, -0.2) is 4.39 Å². The summed E-state index contributed by atoms with van der Waals surface area (Å²) in [4.78, 5) is 0. The number of aromatic nitrogens is 2. The first-order chi connectivity index (χ1) is 48.0. The molecule has 0 radical (unpaired) electrons. The van der Waals surface area contributed by atoms with E-state index in [1.807, 2.05) is 6.07 Å². The quantitative estimate of drug-likeness (QED) is 0.152. The summed E-state index contributed by atoms with van der Waals surface area (Å²) in [6.07, 6.45) is 14.2. The maximum atomic E-state index is 14.0. The lowest BCUT2D eigenvalue weighted by Gasteiger charge is -2.61. The van der Waals surface area contributed by atoms with Gasteiger partial charge in [0.15, 0.2) is 0 Å². The van der Waals surface area contributed by atoms with Crippen molar-refractivity contribution in [2.24, 2.45) is 47.3 Å². The summed E-state index contributed by atoms with van der Waals surface area (Å²) in [5.41, 5.74) is 27.3. The Labute approximate surface area is 565 Å². The van der Waals surface area contributed by atoms with Crippen LogP contribution in [0.25, 0.3) is 132 Å². The SMILES string of the molecule is Fc1cccc(-c2ccc(-n3c4ccccc4c4c(-c5cccc6c5-c5ccccc5C65C6CC7CC(C6)CC5C7)cccc43)cc2)c1.c1ccc2c(c1)-c1c(-c3cccc4c3c3ccccc3n4-c3cc4ccccc4c4ccccc34)cccc1C21C2CC3CC(C2)CC1C3. The average molecular weight is 1250 g/mol. The molecule has 10 aliphatic rings. The van der Waals surface area contributed by atoms with Crippen LogP contribution >= 0.6 is 0 Å². The molecule has 0 atom stereocenters. The maximum absolute atomic E-state index is 14.0. The van der Waals surface area contributed by atoms with Gasteiger partial charge in [0.1, 0.15) is 5.82 Å². The second-order valence-corrected chi connectivity index (χ2v) is 30.7.